The zero-order valence-corrected chi connectivity index (χ0v) is 10.5. The number of rotatable bonds is 4. The van der Waals surface area contributed by atoms with Crippen LogP contribution in [0.2, 0.25) is 0 Å². The summed E-state index contributed by atoms with van der Waals surface area (Å²) in [6, 6.07) is 10.1. The molecular formula is C15H18N2O. The Balaban J connectivity index is 2.14. The minimum absolute atomic E-state index is 0.148. The van der Waals surface area contributed by atoms with Crippen molar-refractivity contribution in [3.8, 4) is 0 Å². The Morgan fingerprint density at radius 3 is 2.67 bits per heavy atom. The molecule has 0 bridgehead atoms. The van der Waals surface area contributed by atoms with Crippen molar-refractivity contribution in [1.82, 2.24) is 4.90 Å². The second-order valence-corrected chi connectivity index (χ2v) is 4.46. The molecule has 3 nitrogen and oxygen atoms in total. The average molecular weight is 242 g/mol. The van der Waals surface area contributed by atoms with E-state index >= 15 is 0 Å². The number of hydrogen-bond acceptors (Lipinski definition) is 2. The zero-order chi connectivity index (χ0) is 13.0. The minimum Gasteiger partial charge on any atom is -0.366 e. The molecule has 1 heterocycles. The third-order valence-corrected chi connectivity index (χ3v) is 3.15. The van der Waals surface area contributed by atoms with Gasteiger partial charge in [0, 0.05) is 30.4 Å². The van der Waals surface area contributed by atoms with Gasteiger partial charge in [0.25, 0.3) is 0 Å². The fraction of sp³-hybridized carbons (Fsp3) is 0.267. The lowest BCUT2D eigenvalue weighted by Gasteiger charge is -2.25. The van der Waals surface area contributed by atoms with E-state index in [2.05, 4.69) is 19.1 Å². The topological polar surface area (TPSA) is 46.3 Å². The lowest BCUT2D eigenvalue weighted by atomic mass is 9.94. The van der Waals surface area contributed by atoms with Crippen LogP contribution < -0.4 is 5.73 Å². The molecule has 0 aliphatic carbocycles. The Bertz CT molecular complexity index is 477. The van der Waals surface area contributed by atoms with E-state index in [-0.39, 0.29) is 11.8 Å². The predicted molar refractivity (Wildman–Crippen MR) is 72.2 cm³/mol. The molecule has 1 unspecified atom stereocenters. The molecule has 0 spiro atoms. The summed E-state index contributed by atoms with van der Waals surface area (Å²) in [5.74, 6) is -0.182. The molecule has 3 heteroatoms. The second-order valence-electron chi connectivity index (χ2n) is 4.46. The highest BCUT2D eigenvalue weighted by Crippen LogP contribution is 2.23. The molecule has 94 valence electrons. The van der Waals surface area contributed by atoms with Crippen LogP contribution in [0.5, 0.6) is 0 Å². The molecule has 2 rings (SSSR count). The third kappa shape index (κ3) is 2.80. The predicted octanol–water partition coefficient (Wildman–Crippen LogP) is 2.41. The fourth-order valence-electron chi connectivity index (χ4n) is 2.13. The summed E-state index contributed by atoms with van der Waals surface area (Å²) in [6.07, 6.45) is 6.82. The average Bonchev–Trinajstić information content (AvgIpc) is 2.40. The van der Waals surface area contributed by atoms with Crippen molar-refractivity contribution in [2.24, 2.45) is 11.7 Å². The van der Waals surface area contributed by atoms with Gasteiger partial charge in [0.1, 0.15) is 0 Å². The number of benzene rings is 1. The fourth-order valence-corrected chi connectivity index (χ4v) is 2.13. The van der Waals surface area contributed by atoms with Crippen LogP contribution in [0.15, 0.2) is 54.4 Å². The summed E-state index contributed by atoms with van der Waals surface area (Å²) in [5, 5.41) is 0. The molecule has 1 aromatic rings. The van der Waals surface area contributed by atoms with Crippen molar-refractivity contribution >= 4 is 5.91 Å². The van der Waals surface area contributed by atoms with Gasteiger partial charge in [0.15, 0.2) is 0 Å². The van der Waals surface area contributed by atoms with E-state index < -0.39 is 0 Å². The first-order valence-electron chi connectivity index (χ1n) is 6.20. The number of hydrogen-bond donors (Lipinski definition) is 1. The van der Waals surface area contributed by atoms with Gasteiger partial charge < -0.3 is 10.6 Å². The van der Waals surface area contributed by atoms with E-state index in [9.17, 15) is 4.79 Å². The van der Waals surface area contributed by atoms with Crippen molar-refractivity contribution in [1.29, 1.82) is 0 Å². The molecule has 2 N–H and O–H groups in total. The number of allylic oxidation sites excluding steroid dienone is 1. The highest BCUT2D eigenvalue weighted by molar-refractivity contribution is 5.92. The van der Waals surface area contributed by atoms with Crippen LogP contribution >= 0.6 is 0 Å². The van der Waals surface area contributed by atoms with Crippen LogP contribution in [0, 0.1) is 5.92 Å². The van der Waals surface area contributed by atoms with Gasteiger partial charge in [-0.3, -0.25) is 4.79 Å². The Morgan fingerprint density at radius 1 is 1.33 bits per heavy atom. The Morgan fingerprint density at radius 2 is 2.06 bits per heavy atom. The first kappa shape index (κ1) is 12.4. The van der Waals surface area contributed by atoms with Crippen molar-refractivity contribution in [3.05, 3.63) is 59.9 Å². The number of carbonyl (C=O) groups excluding carboxylic acids is 1. The lowest BCUT2D eigenvalue weighted by molar-refractivity contribution is -0.115. The molecule has 0 saturated carbocycles. The number of primary amides is 1. The van der Waals surface area contributed by atoms with Gasteiger partial charge in [-0.15, -0.1) is 0 Å². The first-order valence-corrected chi connectivity index (χ1v) is 6.20. The van der Waals surface area contributed by atoms with E-state index in [1.807, 2.05) is 41.6 Å². The van der Waals surface area contributed by atoms with Gasteiger partial charge >= 0.3 is 0 Å². The summed E-state index contributed by atoms with van der Waals surface area (Å²) >= 11 is 0. The SMILES string of the molecule is CCC1C=CN(Cc2ccccc2)C=C1C(N)=O. The molecule has 1 atom stereocenters. The number of nitrogens with two attached hydrogens (primary N) is 1. The summed E-state index contributed by atoms with van der Waals surface area (Å²) in [7, 11) is 0. The molecule has 0 radical (unpaired) electrons. The second kappa shape index (κ2) is 5.54. The Kier molecular flexibility index (Phi) is 3.82. The van der Waals surface area contributed by atoms with Crippen LogP contribution in [0.3, 0.4) is 0 Å². The third-order valence-electron chi connectivity index (χ3n) is 3.15. The number of nitrogens with zero attached hydrogens (tertiary/aromatic N) is 1. The molecule has 1 aliphatic heterocycles. The molecule has 0 aromatic heterocycles. The highest BCUT2D eigenvalue weighted by atomic mass is 16.1. The van der Waals surface area contributed by atoms with Crippen molar-refractivity contribution in [2.45, 2.75) is 19.9 Å². The van der Waals surface area contributed by atoms with E-state index in [4.69, 9.17) is 5.73 Å². The van der Waals surface area contributed by atoms with Crippen molar-refractivity contribution in [2.75, 3.05) is 0 Å². The largest absolute Gasteiger partial charge is 0.366 e. The molecule has 1 aliphatic rings. The van der Waals surface area contributed by atoms with E-state index in [1.165, 1.54) is 5.56 Å². The van der Waals surface area contributed by atoms with Gasteiger partial charge in [-0.25, -0.2) is 0 Å². The van der Waals surface area contributed by atoms with E-state index in [1.54, 1.807) is 0 Å². The number of carbonyl (C=O) groups is 1. The molecule has 1 aromatic carbocycles. The lowest BCUT2D eigenvalue weighted by Crippen LogP contribution is -2.25. The maximum Gasteiger partial charge on any atom is 0.246 e. The van der Waals surface area contributed by atoms with E-state index in [0.29, 0.717) is 5.57 Å². The monoisotopic (exact) mass is 242 g/mol. The summed E-state index contributed by atoms with van der Waals surface area (Å²) in [4.78, 5) is 13.4. The van der Waals surface area contributed by atoms with Gasteiger partial charge in [-0.05, 0) is 12.0 Å². The van der Waals surface area contributed by atoms with Crippen molar-refractivity contribution in [3.63, 3.8) is 0 Å². The maximum absolute atomic E-state index is 11.4. The van der Waals surface area contributed by atoms with Gasteiger partial charge in [0.2, 0.25) is 5.91 Å². The van der Waals surface area contributed by atoms with Gasteiger partial charge in [-0.1, -0.05) is 43.3 Å². The van der Waals surface area contributed by atoms with Gasteiger partial charge in [-0.2, -0.15) is 0 Å². The Hall–Kier alpha value is -2.03. The molecular weight excluding hydrogens is 224 g/mol. The molecule has 1 amide bonds. The van der Waals surface area contributed by atoms with Crippen LogP contribution in [-0.4, -0.2) is 10.8 Å². The minimum atomic E-state index is -0.329. The molecule has 0 saturated heterocycles. The van der Waals surface area contributed by atoms with Crippen LogP contribution in [0.1, 0.15) is 18.9 Å². The number of amides is 1. The Labute approximate surface area is 108 Å². The van der Waals surface area contributed by atoms with E-state index in [0.717, 1.165) is 13.0 Å². The first-order chi connectivity index (χ1) is 8.70. The standard InChI is InChI=1S/C15H18N2O/c1-2-13-8-9-17(11-14(13)15(16)18)10-12-6-4-3-5-7-12/h3-9,11,13H,2,10H2,1H3,(H2,16,18). The van der Waals surface area contributed by atoms with Gasteiger partial charge in [0.05, 0.1) is 0 Å². The van der Waals surface area contributed by atoms with Crippen LogP contribution in [-0.2, 0) is 11.3 Å². The quantitative estimate of drug-likeness (QED) is 0.881. The molecule has 18 heavy (non-hydrogen) atoms. The van der Waals surface area contributed by atoms with Crippen LogP contribution in [0.25, 0.3) is 0 Å². The summed E-state index contributed by atoms with van der Waals surface area (Å²) < 4.78 is 0. The normalized spacial score (nSPS) is 18.6. The van der Waals surface area contributed by atoms with Crippen LogP contribution in [0.4, 0.5) is 0 Å². The molecule has 0 fully saturated rings. The zero-order valence-electron chi connectivity index (χ0n) is 10.5. The summed E-state index contributed by atoms with van der Waals surface area (Å²) in [5.41, 5.74) is 7.32. The highest BCUT2D eigenvalue weighted by Gasteiger charge is 2.19. The van der Waals surface area contributed by atoms with Crippen molar-refractivity contribution < 1.29 is 4.79 Å². The maximum atomic E-state index is 11.4. The smallest absolute Gasteiger partial charge is 0.246 e. The summed E-state index contributed by atoms with van der Waals surface area (Å²) in [6.45, 7) is 2.81.